The van der Waals surface area contributed by atoms with Crippen molar-refractivity contribution in [3.63, 3.8) is 0 Å². The minimum atomic E-state index is -0.656. The van der Waals surface area contributed by atoms with Gasteiger partial charge >= 0.3 is 5.97 Å². The fourth-order valence-corrected chi connectivity index (χ4v) is 6.76. The largest absolute Gasteiger partial charge is 0.455 e. The summed E-state index contributed by atoms with van der Waals surface area (Å²) < 4.78 is 11.2. The summed E-state index contributed by atoms with van der Waals surface area (Å²) >= 11 is 0. The number of carbonyl (C=O) groups excluding carboxylic acids is 1. The number of esters is 1. The third-order valence-electron chi connectivity index (χ3n) is 9.54. The Morgan fingerprint density at radius 2 is 1.14 bits per heavy atom. The molecule has 3 N–H and O–H groups in total. The fourth-order valence-electron chi connectivity index (χ4n) is 6.76. The van der Waals surface area contributed by atoms with Crippen molar-refractivity contribution in [1.29, 1.82) is 0 Å². The highest BCUT2D eigenvalue weighted by Crippen LogP contribution is 2.28. The van der Waals surface area contributed by atoms with E-state index in [0.29, 0.717) is 6.42 Å². The van der Waals surface area contributed by atoms with Crippen LogP contribution in [-0.2, 0) is 14.3 Å². The summed E-state index contributed by atoms with van der Waals surface area (Å²) in [6.07, 6.45) is 28.9. The molecule has 2 aliphatic heterocycles. The molecule has 1 fully saturated rings. The zero-order valence-corrected chi connectivity index (χ0v) is 28.0. The molecule has 0 aromatic rings. The lowest BCUT2D eigenvalue weighted by Gasteiger charge is -2.23. The summed E-state index contributed by atoms with van der Waals surface area (Å²) in [6, 6.07) is 0. The van der Waals surface area contributed by atoms with Crippen LogP contribution in [0.4, 0.5) is 0 Å². The van der Waals surface area contributed by atoms with Crippen molar-refractivity contribution >= 4 is 5.97 Å². The van der Waals surface area contributed by atoms with Gasteiger partial charge in [-0.1, -0.05) is 129 Å². The van der Waals surface area contributed by atoms with E-state index < -0.39 is 18.3 Å². The normalized spacial score (nSPS) is 22.5. The van der Waals surface area contributed by atoms with Crippen molar-refractivity contribution in [2.75, 3.05) is 0 Å². The van der Waals surface area contributed by atoms with Gasteiger partial charge in [-0.2, -0.15) is 0 Å². The molecule has 0 amide bonds. The predicted octanol–water partition coefficient (Wildman–Crippen LogP) is 8.87. The van der Waals surface area contributed by atoms with Gasteiger partial charge in [0, 0.05) is 12.0 Å². The molecule has 43 heavy (non-hydrogen) atoms. The van der Waals surface area contributed by atoms with Crippen molar-refractivity contribution in [1.82, 2.24) is 0 Å². The molecular weight excluding hydrogens is 540 g/mol. The Morgan fingerprint density at radius 3 is 1.65 bits per heavy atom. The van der Waals surface area contributed by atoms with Gasteiger partial charge in [-0.3, -0.25) is 0 Å². The second-order valence-electron chi connectivity index (χ2n) is 13.7. The fraction of sp³-hybridized carbons (Fsp3) is 0.919. The average Bonchev–Trinajstić information content (AvgIpc) is 3.60. The first-order chi connectivity index (χ1) is 20.9. The highest BCUT2D eigenvalue weighted by atomic mass is 16.5. The van der Waals surface area contributed by atoms with Crippen LogP contribution in [0.25, 0.3) is 0 Å². The second-order valence-corrected chi connectivity index (χ2v) is 13.7. The molecule has 2 aliphatic rings. The first-order valence-corrected chi connectivity index (χ1v) is 18.5. The summed E-state index contributed by atoms with van der Waals surface area (Å²) in [4.78, 5) is 11.6. The number of aliphatic hydroxyl groups excluding tert-OH is 3. The van der Waals surface area contributed by atoms with Crippen LogP contribution < -0.4 is 0 Å². The molecule has 6 atom stereocenters. The highest BCUT2D eigenvalue weighted by Gasteiger charge is 2.35. The van der Waals surface area contributed by atoms with Gasteiger partial charge < -0.3 is 24.8 Å². The first kappa shape index (κ1) is 38.2. The topological polar surface area (TPSA) is 96.2 Å². The molecule has 2 heterocycles. The summed E-state index contributed by atoms with van der Waals surface area (Å²) in [6.45, 7) is 4.17. The predicted molar refractivity (Wildman–Crippen MR) is 176 cm³/mol. The number of unbranched alkanes of at least 4 members (excludes halogenated alkanes) is 18. The Balaban J connectivity index is 1.37. The smallest absolute Gasteiger partial charge is 0.334 e. The summed E-state index contributed by atoms with van der Waals surface area (Å²) in [5.41, 5.74) is 0.859. The lowest BCUT2D eigenvalue weighted by Crippen LogP contribution is -2.33. The van der Waals surface area contributed by atoms with E-state index in [1.165, 1.54) is 103 Å². The van der Waals surface area contributed by atoms with Crippen LogP contribution in [0.15, 0.2) is 11.6 Å². The molecule has 2 rings (SSSR count). The van der Waals surface area contributed by atoms with E-state index >= 15 is 0 Å². The lowest BCUT2D eigenvalue weighted by atomic mass is 9.98. The SMILES string of the molecule is CCCCCCCCCCCC[C@H](O)[C@@H]1CC[C@H]([C@H](O)C[C@@H](O)CCCCCCCCCCCCC2=C[C@H](C)OC2=O)O1. The Hall–Kier alpha value is -0.950. The van der Waals surface area contributed by atoms with E-state index in [9.17, 15) is 20.1 Å². The maximum Gasteiger partial charge on any atom is 0.334 e. The van der Waals surface area contributed by atoms with Gasteiger partial charge in [0.25, 0.3) is 0 Å². The molecule has 6 heteroatoms. The molecule has 0 aliphatic carbocycles. The van der Waals surface area contributed by atoms with E-state index in [1.807, 2.05) is 13.0 Å². The molecular formula is C37H68O6. The summed E-state index contributed by atoms with van der Waals surface area (Å²) in [5, 5.41) is 31.7. The molecule has 0 aromatic heterocycles. The molecule has 1 saturated heterocycles. The van der Waals surface area contributed by atoms with Crippen LogP contribution >= 0.6 is 0 Å². The van der Waals surface area contributed by atoms with Crippen LogP contribution in [0.5, 0.6) is 0 Å². The van der Waals surface area contributed by atoms with E-state index in [2.05, 4.69) is 6.92 Å². The quantitative estimate of drug-likeness (QED) is 0.0606. The molecule has 6 nitrogen and oxygen atoms in total. The number of hydrogen-bond acceptors (Lipinski definition) is 6. The number of carbonyl (C=O) groups is 1. The van der Waals surface area contributed by atoms with Gasteiger partial charge in [0.2, 0.25) is 0 Å². The van der Waals surface area contributed by atoms with E-state index in [1.54, 1.807) is 0 Å². The maximum absolute atomic E-state index is 11.6. The number of aliphatic hydroxyl groups is 3. The molecule has 0 unspecified atom stereocenters. The monoisotopic (exact) mass is 609 g/mol. The molecule has 0 radical (unpaired) electrons. The van der Waals surface area contributed by atoms with E-state index in [0.717, 1.165) is 63.4 Å². The average molecular weight is 609 g/mol. The Morgan fingerprint density at radius 1 is 0.674 bits per heavy atom. The third-order valence-corrected chi connectivity index (χ3v) is 9.54. The standard InChI is InChI=1S/C37H68O6/c1-3-4-5-6-7-8-13-16-19-22-25-33(39)35-26-27-36(43-35)34(40)29-32(38)24-21-18-15-12-10-9-11-14-17-20-23-31-28-30(2)42-37(31)41/h28,30,32-36,38-40H,3-27,29H2,1-2H3/t30-,32-,33-,34+,35-,36+/m0/s1. The number of cyclic esters (lactones) is 1. The van der Waals surface area contributed by atoms with Gasteiger partial charge in [-0.15, -0.1) is 0 Å². The van der Waals surface area contributed by atoms with E-state index in [4.69, 9.17) is 9.47 Å². The van der Waals surface area contributed by atoms with Gasteiger partial charge in [0.1, 0.15) is 6.10 Å². The van der Waals surface area contributed by atoms with Crippen molar-refractivity contribution in [2.24, 2.45) is 0 Å². The minimum absolute atomic E-state index is 0.0542. The third kappa shape index (κ3) is 18.0. The van der Waals surface area contributed by atoms with Crippen LogP contribution in [0.3, 0.4) is 0 Å². The van der Waals surface area contributed by atoms with Crippen molar-refractivity contribution in [2.45, 2.75) is 217 Å². The minimum Gasteiger partial charge on any atom is -0.455 e. The van der Waals surface area contributed by atoms with Crippen molar-refractivity contribution in [3.05, 3.63) is 11.6 Å². The first-order valence-electron chi connectivity index (χ1n) is 18.5. The molecule has 252 valence electrons. The van der Waals surface area contributed by atoms with Gasteiger partial charge in [-0.25, -0.2) is 4.79 Å². The molecule has 0 spiro atoms. The van der Waals surface area contributed by atoms with Gasteiger partial charge in [0.05, 0.1) is 30.5 Å². The summed E-state index contributed by atoms with van der Waals surface area (Å²) in [5.74, 6) is -0.127. The van der Waals surface area contributed by atoms with Gasteiger partial charge in [0.15, 0.2) is 0 Å². The lowest BCUT2D eigenvalue weighted by molar-refractivity contribution is -0.139. The maximum atomic E-state index is 11.6. The molecule has 0 aromatic carbocycles. The second kappa shape index (κ2) is 24.3. The van der Waals surface area contributed by atoms with E-state index in [-0.39, 0.29) is 24.3 Å². The Kier molecular flexibility index (Phi) is 21.6. The number of rotatable bonds is 28. The van der Waals surface area contributed by atoms with Crippen molar-refractivity contribution < 1.29 is 29.6 Å². The van der Waals surface area contributed by atoms with Crippen molar-refractivity contribution in [3.8, 4) is 0 Å². The van der Waals surface area contributed by atoms with Crippen LogP contribution in [-0.4, -0.2) is 57.9 Å². The summed E-state index contributed by atoms with van der Waals surface area (Å²) in [7, 11) is 0. The Labute approximate surface area is 264 Å². The Bertz CT molecular complexity index is 724. The zero-order chi connectivity index (χ0) is 31.1. The number of ether oxygens (including phenoxy) is 2. The van der Waals surface area contributed by atoms with Gasteiger partial charge in [-0.05, 0) is 51.5 Å². The number of hydrogen-bond donors (Lipinski definition) is 3. The van der Waals surface area contributed by atoms with Crippen LogP contribution in [0, 0.1) is 0 Å². The molecule has 0 saturated carbocycles. The van der Waals surface area contributed by atoms with Crippen LogP contribution in [0.2, 0.25) is 0 Å². The molecule has 0 bridgehead atoms. The van der Waals surface area contributed by atoms with Crippen LogP contribution in [0.1, 0.15) is 181 Å². The highest BCUT2D eigenvalue weighted by molar-refractivity contribution is 5.90. The zero-order valence-electron chi connectivity index (χ0n) is 28.0.